The van der Waals surface area contributed by atoms with E-state index in [0.717, 1.165) is 47.6 Å². The van der Waals surface area contributed by atoms with Crippen LogP contribution in [-0.4, -0.2) is 53.9 Å². The number of hydrogen-bond acceptors (Lipinski definition) is 4. The summed E-state index contributed by atoms with van der Waals surface area (Å²) in [6.45, 7) is 5.40. The van der Waals surface area contributed by atoms with Crippen molar-refractivity contribution in [2.24, 2.45) is 0 Å². The molecule has 0 aliphatic carbocycles. The van der Waals surface area contributed by atoms with Crippen LogP contribution in [0.25, 0.3) is 23.1 Å². The SMILES string of the molecule is CCc1cccc2cc(/C=C/c3cccc(C(=O)Nc4ccc(CN5CCN(C)CC5)c(C(F)(F)F)c4)c3)cnc12. The Labute approximate surface area is 238 Å². The first-order chi connectivity index (χ1) is 19.7. The van der Waals surface area contributed by atoms with Crippen molar-refractivity contribution in [3.63, 3.8) is 0 Å². The number of rotatable bonds is 7. The van der Waals surface area contributed by atoms with Crippen molar-refractivity contribution in [2.45, 2.75) is 26.1 Å². The lowest BCUT2D eigenvalue weighted by atomic mass is 10.0. The van der Waals surface area contributed by atoms with Gasteiger partial charge in [-0.2, -0.15) is 13.2 Å². The summed E-state index contributed by atoms with van der Waals surface area (Å²) in [4.78, 5) is 21.8. The molecule has 1 saturated heterocycles. The summed E-state index contributed by atoms with van der Waals surface area (Å²) in [5.41, 5.74) is 3.86. The molecule has 1 aliphatic rings. The number of piperazine rings is 1. The highest BCUT2D eigenvalue weighted by molar-refractivity contribution is 6.04. The zero-order chi connectivity index (χ0) is 29.0. The Morgan fingerprint density at radius 1 is 0.927 bits per heavy atom. The third-order valence-corrected chi connectivity index (χ3v) is 7.48. The Morgan fingerprint density at radius 3 is 2.44 bits per heavy atom. The molecule has 41 heavy (non-hydrogen) atoms. The van der Waals surface area contributed by atoms with E-state index in [4.69, 9.17) is 0 Å². The summed E-state index contributed by atoms with van der Waals surface area (Å²) in [6, 6.07) is 19.2. The molecule has 1 fully saturated rings. The second-order valence-corrected chi connectivity index (χ2v) is 10.5. The van der Waals surface area contributed by atoms with Gasteiger partial charge in [-0.1, -0.05) is 55.5 Å². The lowest BCUT2D eigenvalue weighted by Crippen LogP contribution is -2.44. The first-order valence-electron chi connectivity index (χ1n) is 13.8. The van der Waals surface area contributed by atoms with E-state index < -0.39 is 17.6 Å². The summed E-state index contributed by atoms with van der Waals surface area (Å²) in [6.07, 6.45) is 2.02. The Bertz CT molecular complexity index is 1570. The van der Waals surface area contributed by atoms with E-state index in [1.807, 2.05) is 48.5 Å². The van der Waals surface area contributed by atoms with E-state index in [2.05, 4.69) is 34.3 Å². The van der Waals surface area contributed by atoms with Crippen LogP contribution in [0.1, 0.15) is 45.1 Å². The smallest absolute Gasteiger partial charge is 0.322 e. The van der Waals surface area contributed by atoms with Gasteiger partial charge in [0, 0.05) is 55.6 Å². The van der Waals surface area contributed by atoms with Gasteiger partial charge in [-0.05, 0) is 66.1 Å². The zero-order valence-electron chi connectivity index (χ0n) is 23.2. The highest BCUT2D eigenvalue weighted by Gasteiger charge is 2.34. The maximum Gasteiger partial charge on any atom is 0.416 e. The number of para-hydroxylation sites is 1. The Hall–Kier alpha value is -4.01. The average Bonchev–Trinajstić information content (AvgIpc) is 2.97. The van der Waals surface area contributed by atoms with Crippen LogP contribution < -0.4 is 5.32 Å². The first-order valence-corrected chi connectivity index (χ1v) is 13.8. The number of nitrogens with zero attached hydrogens (tertiary/aromatic N) is 3. The fourth-order valence-corrected chi connectivity index (χ4v) is 5.10. The standard InChI is InChI=1S/C33H33F3N4O/c1-3-25-7-5-8-26-19-24(21-37-31(25)26)11-10-23-6-4-9-27(18-23)32(41)38-29-13-12-28(30(20-29)33(34,35)36)22-40-16-14-39(2)15-17-40/h4-13,18-21H,3,14-17,22H2,1-2H3,(H,38,41)/b11-10+. The molecule has 1 amide bonds. The van der Waals surface area contributed by atoms with Crippen molar-refractivity contribution in [1.29, 1.82) is 0 Å². The number of fused-ring (bicyclic) bond motifs is 1. The molecule has 1 N–H and O–H groups in total. The molecule has 0 saturated carbocycles. The fraction of sp³-hybridized carbons (Fsp3) is 0.273. The summed E-state index contributed by atoms with van der Waals surface area (Å²) in [7, 11) is 2.01. The van der Waals surface area contributed by atoms with E-state index >= 15 is 0 Å². The number of hydrogen-bond donors (Lipinski definition) is 1. The lowest BCUT2D eigenvalue weighted by molar-refractivity contribution is -0.138. The van der Waals surface area contributed by atoms with Crippen LogP contribution in [0, 0.1) is 0 Å². The van der Waals surface area contributed by atoms with Crippen molar-refractivity contribution < 1.29 is 18.0 Å². The molecule has 0 bridgehead atoms. The molecule has 3 aromatic carbocycles. The van der Waals surface area contributed by atoms with Gasteiger partial charge in [0.2, 0.25) is 0 Å². The van der Waals surface area contributed by atoms with Gasteiger partial charge in [-0.25, -0.2) is 0 Å². The van der Waals surface area contributed by atoms with Gasteiger partial charge in [0.25, 0.3) is 5.91 Å². The molecular weight excluding hydrogens is 525 g/mol. The van der Waals surface area contributed by atoms with E-state index in [9.17, 15) is 18.0 Å². The summed E-state index contributed by atoms with van der Waals surface area (Å²) < 4.78 is 41.9. The van der Waals surface area contributed by atoms with Crippen molar-refractivity contribution >= 4 is 34.6 Å². The van der Waals surface area contributed by atoms with Crippen LogP contribution in [0.5, 0.6) is 0 Å². The molecular formula is C33H33F3N4O. The zero-order valence-corrected chi connectivity index (χ0v) is 23.2. The normalized spacial score (nSPS) is 15.0. The van der Waals surface area contributed by atoms with Gasteiger partial charge in [0.15, 0.2) is 0 Å². The third-order valence-electron chi connectivity index (χ3n) is 7.48. The molecule has 2 heterocycles. The van der Waals surface area contributed by atoms with Crippen molar-refractivity contribution in [2.75, 3.05) is 38.5 Å². The van der Waals surface area contributed by atoms with Crippen LogP contribution in [0.2, 0.25) is 0 Å². The molecule has 5 nitrogen and oxygen atoms in total. The molecule has 4 aromatic rings. The molecule has 1 aromatic heterocycles. The predicted molar refractivity (Wildman–Crippen MR) is 159 cm³/mol. The number of aromatic nitrogens is 1. The van der Waals surface area contributed by atoms with Crippen LogP contribution in [0.4, 0.5) is 18.9 Å². The van der Waals surface area contributed by atoms with E-state index in [1.165, 1.54) is 11.6 Å². The molecule has 5 rings (SSSR count). The highest BCUT2D eigenvalue weighted by atomic mass is 19.4. The van der Waals surface area contributed by atoms with Gasteiger partial charge in [0.1, 0.15) is 0 Å². The second kappa shape index (κ2) is 12.2. The maximum absolute atomic E-state index is 14.0. The van der Waals surface area contributed by atoms with Crippen LogP contribution >= 0.6 is 0 Å². The van der Waals surface area contributed by atoms with E-state index in [-0.39, 0.29) is 17.8 Å². The van der Waals surface area contributed by atoms with Gasteiger partial charge >= 0.3 is 6.18 Å². The minimum Gasteiger partial charge on any atom is -0.322 e. The molecule has 212 valence electrons. The second-order valence-electron chi connectivity index (χ2n) is 10.5. The average molecular weight is 559 g/mol. The fourth-order valence-electron chi connectivity index (χ4n) is 5.10. The number of benzene rings is 3. The quantitative estimate of drug-likeness (QED) is 0.266. The highest BCUT2D eigenvalue weighted by Crippen LogP contribution is 2.35. The van der Waals surface area contributed by atoms with Crippen LogP contribution in [-0.2, 0) is 19.1 Å². The number of alkyl halides is 3. The van der Waals surface area contributed by atoms with E-state index in [0.29, 0.717) is 18.7 Å². The lowest BCUT2D eigenvalue weighted by Gasteiger charge is -2.33. The molecule has 0 radical (unpaired) electrons. The Morgan fingerprint density at radius 2 is 1.68 bits per heavy atom. The number of halogens is 3. The summed E-state index contributed by atoms with van der Waals surface area (Å²) in [5.74, 6) is -0.473. The van der Waals surface area contributed by atoms with Gasteiger partial charge in [-0.3, -0.25) is 14.7 Å². The van der Waals surface area contributed by atoms with E-state index in [1.54, 1.807) is 24.3 Å². The summed E-state index contributed by atoms with van der Waals surface area (Å²) >= 11 is 0. The van der Waals surface area contributed by atoms with Crippen LogP contribution in [0.3, 0.4) is 0 Å². The topological polar surface area (TPSA) is 48.5 Å². The number of aryl methyl sites for hydroxylation is 1. The number of amides is 1. The van der Waals surface area contributed by atoms with Crippen molar-refractivity contribution in [3.8, 4) is 0 Å². The Balaban J connectivity index is 1.30. The molecule has 8 heteroatoms. The van der Waals surface area contributed by atoms with Gasteiger partial charge in [-0.15, -0.1) is 0 Å². The number of pyridine rings is 1. The number of carbonyl (C=O) groups is 1. The number of carbonyl (C=O) groups excluding carboxylic acids is 1. The molecule has 0 atom stereocenters. The monoisotopic (exact) mass is 558 g/mol. The summed E-state index contributed by atoms with van der Waals surface area (Å²) in [5, 5.41) is 3.71. The number of anilines is 1. The van der Waals surface area contributed by atoms with Crippen LogP contribution in [0.15, 0.2) is 72.9 Å². The van der Waals surface area contributed by atoms with Crippen molar-refractivity contribution in [1.82, 2.24) is 14.8 Å². The van der Waals surface area contributed by atoms with Gasteiger partial charge in [0.05, 0.1) is 11.1 Å². The number of likely N-dealkylation sites (N-methyl/N-ethyl adjacent to an activating group) is 1. The predicted octanol–water partition coefficient (Wildman–Crippen LogP) is 6.99. The minimum absolute atomic E-state index is 0.110. The number of nitrogens with one attached hydrogen (secondary N) is 1. The van der Waals surface area contributed by atoms with Crippen molar-refractivity contribution in [3.05, 3.63) is 106 Å². The minimum atomic E-state index is -4.52. The maximum atomic E-state index is 14.0. The largest absolute Gasteiger partial charge is 0.416 e. The third kappa shape index (κ3) is 7.01. The molecule has 0 spiro atoms. The Kier molecular flexibility index (Phi) is 8.52. The first kappa shape index (κ1) is 28.5. The molecule has 0 unspecified atom stereocenters. The van der Waals surface area contributed by atoms with Gasteiger partial charge < -0.3 is 10.2 Å². The molecule has 1 aliphatic heterocycles.